The van der Waals surface area contributed by atoms with Gasteiger partial charge in [0.25, 0.3) is 5.91 Å². The predicted molar refractivity (Wildman–Crippen MR) is 91.1 cm³/mol. The second kappa shape index (κ2) is 7.17. The first-order valence-corrected chi connectivity index (χ1v) is 10.0. The second-order valence-electron chi connectivity index (χ2n) is 6.00. The third-order valence-electron chi connectivity index (χ3n) is 3.99. The topological polar surface area (TPSA) is 84.5 Å². The van der Waals surface area contributed by atoms with Crippen molar-refractivity contribution in [3.05, 3.63) is 27.7 Å². The van der Waals surface area contributed by atoms with Crippen LogP contribution in [0, 0.1) is 0 Å². The summed E-state index contributed by atoms with van der Waals surface area (Å²) in [6.07, 6.45) is 3.44. The van der Waals surface area contributed by atoms with Gasteiger partial charge in [0, 0.05) is 19.2 Å². The van der Waals surface area contributed by atoms with Gasteiger partial charge in [-0.25, -0.2) is 13.1 Å². The van der Waals surface area contributed by atoms with Crippen LogP contribution in [0.2, 0.25) is 10.0 Å². The maximum atomic E-state index is 12.5. The number of amides is 1. The highest BCUT2D eigenvalue weighted by Gasteiger charge is 2.28. The first kappa shape index (κ1) is 17.9. The van der Waals surface area contributed by atoms with E-state index in [1.54, 1.807) is 0 Å². The first-order chi connectivity index (χ1) is 11.4. The molecule has 1 aliphatic carbocycles. The Bertz CT molecular complexity index is 744. The van der Waals surface area contributed by atoms with Crippen molar-refractivity contribution in [2.45, 2.75) is 42.7 Å². The van der Waals surface area contributed by atoms with Crippen molar-refractivity contribution in [1.82, 2.24) is 10.0 Å². The zero-order valence-corrected chi connectivity index (χ0v) is 15.2. The minimum atomic E-state index is -3.86. The van der Waals surface area contributed by atoms with Crippen molar-refractivity contribution in [2.24, 2.45) is 0 Å². The molecule has 24 heavy (non-hydrogen) atoms. The molecular formula is C15H18Cl2N2O4S. The molecule has 1 saturated carbocycles. The summed E-state index contributed by atoms with van der Waals surface area (Å²) < 4.78 is 32.9. The van der Waals surface area contributed by atoms with Crippen molar-refractivity contribution in [1.29, 1.82) is 0 Å². The predicted octanol–water partition coefficient (Wildman–Crippen LogP) is 2.34. The Hall–Kier alpha value is -0.860. The minimum absolute atomic E-state index is 0.0252. The number of sulfonamides is 1. The van der Waals surface area contributed by atoms with Gasteiger partial charge in [0.2, 0.25) is 10.0 Å². The number of carbonyl (C=O) groups is 1. The molecule has 1 aliphatic heterocycles. The molecule has 6 nitrogen and oxygen atoms in total. The van der Waals surface area contributed by atoms with Crippen LogP contribution >= 0.6 is 23.2 Å². The van der Waals surface area contributed by atoms with E-state index < -0.39 is 15.9 Å². The zero-order valence-electron chi connectivity index (χ0n) is 12.8. The fraction of sp³-hybridized carbons (Fsp3) is 0.533. The Morgan fingerprint density at radius 2 is 1.96 bits per heavy atom. The number of hydrogen-bond acceptors (Lipinski definition) is 4. The molecular weight excluding hydrogens is 375 g/mol. The van der Waals surface area contributed by atoms with E-state index in [-0.39, 0.29) is 39.2 Å². The number of hydrogen-bond donors (Lipinski definition) is 2. The smallest absolute Gasteiger partial charge is 0.253 e. The molecule has 1 heterocycles. The van der Waals surface area contributed by atoms with E-state index in [1.165, 1.54) is 12.1 Å². The van der Waals surface area contributed by atoms with Gasteiger partial charge >= 0.3 is 0 Å². The van der Waals surface area contributed by atoms with Crippen molar-refractivity contribution in [2.75, 3.05) is 13.2 Å². The number of nitrogens with one attached hydrogen (secondary N) is 2. The van der Waals surface area contributed by atoms with Crippen LogP contribution in [0.1, 0.15) is 36.0 Å². The highest BCUT2D eigenvalue weighted by molar-refractivity contribution is 7.89. The molecule has 0 aromatic heterocycles. The molecule has 132 valence electrons. The summed E-state index contributed by atoms with van der Waals surface area (Å²) in [6.45, 7) is 0.810. The van der Waals surface area contributed by atoms with Crippen LogP contribution in [0.25, 0.3) is 0 Å². The van der Waals surface area contributed by atoms with Crippen molar-refractivity contribution < 1.29 is 17.9 Å². The lowest BCUT2D eigenvalue weighted by Crippen LogP contribution is -2.32. The molecule has 1 aromatic carbocycles. The Morgan fingerprint density at radius 1 is 1.21 bits per heavy atom. The van der Waals surface area contributed by atoms with Gasteiger partial charge in [0.1, 0.15) is 4.90 Å². The number of halogens is 2. The van der Waals surface area contributed by atoms with Gasteiger partial charge in [-0.3, -0.25) is 4.79 Å². The lowest BCUT2D eigenvalue weighted by molar-refractivity contribution is 0.0951. The first-order valence-electron chi connectivity index (χ1n) is 7.78. The van der Waals surface area contributed by atoms with Crippen LogP contribution in [0.3, 0.4) is 0 Å². The normalized spacial score (nSPS) is 21.0. The van der Waals surface area contributed by atoms with Crippen LogP contribution in [-0.2, 0) is 14.8 Å². The van der Waals surface area contributed by atoms with Gasteiger partial charge in [-0.05, 0) is 37.8 Å². The van der Waals surface area contributed by atoms with Crippen LogP contribution < -0.4 is 10.0 Å². The SMILES string of the molecule is O=C(NC1CC1)c1cc(S(=O)(=O)NCC2CCCO2)c(Cl)cc1Cl. The fourth-order valence-corrected chi connectivity index (χ4v) is 4.41. The monoisotopic (exact) mass is 392 g/mol. The van der Waals surface area contributed by atoms with Crippen LogP contribution in [0.15, 0.2) is 17.0 Å². The summed E-state index contributed by atoms with van der Waals surface area (Å²) in [5.41, 5.74) is 0.102. The maximum absolute atomic E-state index is 12.5. The van der Waals surface area contributed by atoms with E-state index in [1.807, 2.05) is 0 Å². The summed E-state index contributed by atoms with van der Waals surface area (Å²) in [4.78, 5) is 12.0. The van der Waals surface area contributed by atoms with Crippen molar-refractivity contribution in [3.63, 3.8) is 0 Å². The Kier molecular flexibility index (Phi) is 5.36. The summed E-state index contributed by atoms with van der Waals surface area (Å²) in [5.74, 6) is -0.394. The molecule has 0 radical (unpaired) electrons. The Labute approximate surface area is 150 Å². The van der Waals surface area contributed by atoms with Gasteiger partial charge in [-0.1, -0.05) is 23.2 Å². The highest BCUT2D eigenvalue weighted by atomic mass is 35.5. The minimum Gasteiger partial charge on any atom is -0.377 e. The van der Waals surface area contributed by atoms with Gasteiger partial charge in [0.15, 0.2) is 0 Å². The molecule has 2 fully saturated rings. The summed E-state index contributed by atoms with van der Waals surface area (Å²) >= 11 is 12.1. The molecule has 1 unspecified atom stereocenters. The van der Waals surface area contributed by atoms with Gasteiger partial charge in [-0.15, -0.1) is 0 Å². The summed E-state index contributed by atoms with van der Waals surface area (Å²) in [6, 6.07) is 2.65. The zero-order chi connectivity index (χ0) is 17.3. The van der Waals surface area contributed by atoms with E-state index in [0.717, 1.165) is 25.7 Å². The standard InChI is InChI=1S/C15H18Cl2N2O4S/c16-12-7-13(17)14(6-11(12)15(20)19-9-3-4-9)24(21,22)18-8-10-2-1-5-23-10/h6-7,9-10,18H,1-5,8H2,(H,19,20). The third kappa shape index (κ3) is 4.21. The second-order valence-corrected chi connectivity index (χ2v) is 8.55. The van der Waals surface area contributed by atoms with E-state index in [0.29, 0.717) is 6.61 Å². The number of ether oxygens (including phenoxy) is 1. The average Bonchev–Trinajstić information content (AvgIpc) is 3.16. The molecule has 1 atom stereocenters. The van der Waals surface area contributed by atoms with Crippen molar-refractivity contribution >= 4 is 39.1 Å². The third-order valence-corrected chi connectivity index (χ3v) is 6.19. The Morgan fingerprint density at radius 3 is 2.58 bits per heavy atom. The lowest BCUT2D eigenvalue weighted by atomic mass is 10.2. The molecule has 2 aliphatic rings. The molecule has 1 saturated heterocycles. The van der Waals surface area contributed by atoms with Crippen molar-refractivity contribution in [3.8, 4) is 0 Å². The molecule has 0 spiro atoms. The van der Waals surface area contributed by atoms with Crippen LogP contribution in [0.4, 0.5) is 0 Å². The molecule has 0 bridgehead atoms. The largest absolute Gasteiger partial charge is 0.377 e. The van der Waals surface area contributed by atoms with E-state index in [9.17, 15) is 13.2 Å². The van der Waals surface area contributed by atoms with Gasteiger partial charge in [-0.2, -0.15) is 0 Å². The van der Waals surface area contributed by atoms with Gasteiger partial charge < -0.3 is 10.1 Å². The highest BCUT2D eigenvalue weighted by Crippen LogP contribution is 2.29. The number of rotatable bonds is 6. The summed E-state index contributed by atoms with van der Waals surface area (Å²) in [5, 5.41) is 2.88. The van der Waals surface area contributed by atoms with Crippen LogP contribution in [-0.4, -0.2) is 39.6 Å². The quantitative estimate of drug-likeness (QED) is 0.777. The van der Waals surface area contributed by atoms with Crippen LogP contribution in [0.5, 0.6) is 0 Å². The molecule has 2 N–H and O–H groups in total. The lowest BCUT2D eigenvalue weighted by Gasteiger charge is -2.14. The molecule has 9 heteroatoms. The maximum Gasteiger partial charge on any atom is 0.253 e. The van der Waals surface area contributed by atoms with E-state index in [4.69, 9.17) is 27.9 Å². The number of benzene rings is 1. The fourth-order valence-electron chi connectivity index (χ4n) is 2.49. The molecule has 1 amide bonds. The molecule has 3 rings (SSSR count). The molecule has 1 aromatic rings. The van der Waals surface area contributed by atoms with E-state index in [2.05, 4.69) is 10.0 Å². The van der Waals surface area contributed by atoms with Gasteiger partial charge in [0.05, 0.1) is 21.7 Å². The summed E-state index contributed by atoms with van der Waals surface area (Å²) in [7, 11) is -3.86. The Balaban J connectivity index is 1.80. The van der Waals surface area contributed by atoms with E-state index >= 15 is 0 Å². The number of carbonyl (C=O) groups excluding carboxylic acids is 1. The average molecular weight is 393 g/mol.